The summed E-state index contributed by atoms with van der Waals surface area (Å²) in [6.07, 6.45) is 0. The maximum absolute atomic E-state index is 8.97. The fraction of sp³-hybridized carbons (Fsp3) is 0.273. The highest BCUT2D eigenvalue weighted by Crippen LogP contribution is 2.20. The molecule has 0 bridgehead atoms. The SMILES string of the molecule is Cc1cc(C)c2[nH]c(CO)cc2c1. The zero-order valence-corrected chi connectivity index (χ0v) is 7.89. The van der Waals surface area contributed by atoms with Gasteiger partial charge in [0.05, 0.1) is 6.61 Å². The van der Waals surface area contributed by atoms with Gasteiger partial charge in [-0.3, -0.25) is 0 Å². The normalized spacial score (nSPS) is 11.0. The Hall–Kier alpha value is -1.28. The molecule has 2 nitrogen and oxygen atoms in total. The average molecular weight is 175 g/mol. The Morgan fingerprint density at radius 3 is 2.69 bits per heavy atom. The minimum Gasteiger partial charge on any atom is -0.390 e. The average Bonchev–Trinajstić information content (AvgIpc) is 2.47. The van der Waals surface area contributed by atoms with Crippen LogP contribution < -0.4 is 0 Å². The van der Waals surface area contributed by atoms with E-state index in [9.17, 15) is 0 Å². The molecule has 2 N–H and O–H groups in total. The van der Waals surface area contributed by atoms with Gasteiger partial charge in [0.15, 0.2) is 0 Å². The summed E-state index contributed by atoms with van der Waals surface area (Å²) in [4.78, 5) is 3.19. The lowest BCUT2D eigenvalue weighted by molar-refractivity contribution is 0.278. The third kappa shape index (κ3) is 1.33. The van der Waals surface area contributed by atoms with E-state index in [1.807, 2.05) is 6.07 Å². The molecule has 0 saturated heterocycles. The molecule has 2 heteroatoms. The van der Waals surface area contributed by atoms with E-state index < -0.39 is 0 Å². The van der Waals surface area contributed by atoms with Crippen molar-refractivity contribution in [3.05, 3.63) is 35.0 Å². The Labute approximate surface area is 77.2 Å². The summed E-state index contributed by atoms with van der Waals surface area (Å²) < 4.78 is 0. The molecule has 2 rings (SSSR count). The summed E-state index contributed by atoms with van der Waals surface area (Å²) in [5.41, 5.74) is 4.50. The van der Waals surface area contributed by atoms with Gasteiger partial charge in [-0.2, -0.15) is 0 Å². The molecule has 0 aliphatic heterocycles. The van der Waals surface area contributed by atoms with E-state index in [2.05, 4.69) is 31.0 Å². The highest BCUT2D eigenvalue weighted by Gasteiger charge is 2.02. The Morgan fingerprint density at radius 1 is 1.23 bits per heavy atom. The number of hydrogen-bond acceptors (Lipinski definition) is 1. The Balaban J connectivity index is 2.75. The van der Waals surface area contributed by atoms with Crippen LogP contribution in [0.1, 0.15) is 16.8 Å². The Bertz CT molecular complexity index is 443. The van der Waals surface area contributed by atoms with Crippen molar-refractivity contribution >= 4 is 10.9 Å². The number of H-pyrrole nitrogens is 1. The zero-order chi connectivity index (χ0) is 9.42. The molecule has 0 aliphatic rings. The van der Waals surface area contributed by atoms with Gasteiger partial charge in [0.2, 0.25) is 0 Å². The van der Waals surface area contributed by atoms with E-state index in [0.29, 0.717) is 0 Å². The number of rotatable bonds is 1. The van der Waals surface area contributed by atoms with Gasteiger partial charge in [-0.25, -0.2) is 0 Å². The van der Waals surface area contributed by atoms with Gasteiger partial charge in [-0.1, -0.05) is 11.6 Å². The van der Waals surface area contributed by atoms with Crippen molar-refractivity contribution in [1.29, 1.82) is 0 Å². The lowest BCUT2D eigenvalue weighted by Crippen LogP contribution is -1.81. The molecule has 13 heavy (non-hydrogen) atoms. The van der Waals surface area contributed by atoms with Crippen molar-refractivity contribution in [3.63, 3.8) is 0 Å². The molecule has 0 fully saturated rings. The van der Waals surface area contributed by atoms with Gasteiger partial charge in [0.25, 0.3) is 0 Å². The molecule has 0 atom stereocenters. The predicted molar refractivity (Wildman–Crippen MR) is 53.7 cm³/mol. The number of hydrogen-bond donors (Lipinski definition) is 2. The quantitative estimate of drug-likeness (QED) is 0.685. The number of aryl methyl sites for hydroxylation is 2. The number of nitrogens with one attached hydrogen (secondary N) is 1. The van der Waals surface area contributed by atoms with Crippen LogP contribution in [-0.4, -0.2) is 10.1 Å². The van der Waals surface area contributed by atoms with Crippen LogP contribution in [0.3, 0.4) is 0 Å². The summed E-state index contributed by atoms with van der Waals surface area (Å²) in [5.74, 6) is 0. The van der Waals surface area contributed by atoms with Gasteiger partial charge in [0, 0.05) is 16.6 Å². The van der Waals surface area contributed by atoms with E-state index in [1.165, 1.54) is 16.5 Å². The summed E-state index contributed by atoms with van der Waals surface area (Å²) in [6, 6.07) is 6.26. The van der Waals surface area contributed by atoms with Crippen molar-refractivity contribution in [3.8, 4) is 0 Å². The third-order valence-electron chi connectivity index (χ3n) is 2.30. The highest BCUT2D eigenvalue weighted by molar-refractivity contribution is 5.84. The van der Waals surface area contributed by atoms with Crippen molar-refractivity contribution in [2.75, 3.05) is 0 Å². The molecule has 1 aromatic carbocycles. The molecule has 0 unspecified atom stereocenters. The second kappa shape index (κ2) is 2.89. The second-order valence-corrected chi connectivity index (χ2v) is 3.50. The molecule has 1 aromatic heterocycles. The number of aromatic amines is 1. The lowest BCUT2D eigenvalue weighted by Gasteiger charge is -1.97. The first-order valence-electron chi connectivity index (χ1n) is 4.40. The van der Waals surface area contributed by atoms with E-state index in [4.69, 9.17) is 5.11 Å². The van der Waals surface area contributed by atoms with E-state index >= 15 is 0 Å². The van der Waals surface area contributed by atoms with Crippen molar-refractivity contribution in [2.45, 2.75) is 20.5 Å². The van der Waals surface area contributed by atoms with Crippen LogP contribution in [-0.2, 0) is 6.61 Å². The summed E-state index contributed by atoms with van der Waals surface area (Å²) in [6.45, 7) is 4.23. The van der Waals surface area contributed by atoms with Crippen LogP contribution in [0.4, 0.5) is 0 Å². The van der Waals surface area contributed by atoms with Crippen LogP contribution in [0, 0.1) is 13.8 Å². The molecular weight excluding hydrogens is 162 g/mol. The standard InChI is InChI=1S/C11H13NO/c1-7-3-8(2)11-9(4-7)5-10(6-13)12-11/h3-5,12-13H,6H2,1-2H3. The van der Waals surface area contributed by atoms with E-state index in [1.54, 1.807) is 0 Å². The number of benzene rings is 1. The van der Waals surface area contributed by atoms with Gasteiger partial charge in [-0.05, 0) is 31.5 Å². The first-order valence-corrected chi connectivity index (χ1v) is 4.40. The minimum absolute atomic E-state index is 0.0766. The molecular formula is C11H13NO. The van der Waals surface area contributed by atoms with Gasteiger partial charge in [0.1, 0.15) is 0 Å². The largest absolute Gasteiger partial charge is 0.390 e. The van der Waals surface area contributed by atoms with Gasteiger partial charge in [-0.15, -0.1) is 0 Å². The summed E-state index contributed by atoms with van der Waals surface area (Å²) in [5, 5.41) is 10.1. The smallest absolute Gasteiger partial charge is 0.0831 e. The number of fused-ring (bicyclic) bond motifs is 1. The second-order valence-electron chi connectivity index (χ2n) is 3.50. The molecule has 0 radical (unpaired) electrons. The fourth-order valence-corrected chi connectivity index (χ4v) is 1.75. The van der Waals surface area contributed by atoms with Crippen LogP contribution in [0.5, 0.6) is 0 Å². The van der Waals surface area contributed by atoms with Crippen molar-refractivity contribution < 1.29 is 5.11 Å². The third-order valence-corrected chi connectivity index (χ3v) is 2.30. The van der Waals surface area contributed by atoms with Crippen molar-refractivity contribution in [1.82, 2.24) is 4.98 Å². The maximum atomic E-state index is 8.97. The Morgan fingerprint density at radius 2 is 2.00 bits per heavy atom. The van der Waals surface area contributed by atoms with Crippen molar-refractivity contribution in [2.24, 2.45) is 0 Å². The molecule has 0 amide bonds. The molecule has 0 spiro atoms. The first-order chi connectivity index (χ1) is 6.20. The molecule has 0 aliphatic carbocycles. The zero-order valence-electron chi connectivity index (χ0n) is 7.89. The predicted octanol–water partition coefficient (Wildman–Crippen LogP) is 2.28. The maximum Gasteiger partial charge on any atom is 0.0831 e. The fourth-order valence-electron chi connectivity index (χ4n) is 1.75. The lowest BCUT2D eigenvalue weighted by atomic mass is 10.1. The van der Waals surface area contributed by atoms with Crippen LogP contribution in [0.2, 0.25) is 0 Å². The molecule has 1 heterocycles. The monoisotopic (exact) mass is 175 g/mol. The van der Waals surface area contributed by atoms with E-state index in [-0.39, 0.29) is 6.61 Å². The Kier molecular flexibility index (Phi) is 1.85. The number of aromatic nitrogens is 1. The highest BCUT2D eigenvalue weighted by atomic mass is 16.3. The molecule has 0 saturated carbocycles. The topological polar surface area (TPSA) is 36.0 Å². The summed E-state index contributed by atoms with van der Waals surface area (Å²) >= 11 is 0. The minimum atomic E-state index is 0.0766. The molecule has 68 valence electrons. The molecule has 2 aromatic rings. The van der Waals surface area contributed by atoms with Gasteiger partial charge >= 0.3 is 0 Å². The van der Waals surface area contributed by atoms with E-state index in [0.717, 1.165) is 11.2 Å². The van der Waals surface area contributed by atoms with Crippen LogP contribution >= 0.6 is 0 Å². The van der Waals surface area contributed by atoms with Crippen LogP contribution in [0.25, 0.3) is 10.9 Å². The van der Waals surface area contributed by atoms with Gasteiger partial charge < -0.3 is 10.1 Å². The summed E-state index contributed by atoms with van der Waals surface area (Å²) in [7, 11) is 0. The first kappa shape index (κ1) is 8.32. The number of aliphatic hydroxyl groups is 1. The van der Waals surface area contributed by atoms with Crippen LogP contribution in [0.15, 0.2) is 18.2 Å². The number of aliphatic hydroxyl groups excluding tert-OH is 1.